The predicted molar refractivity (Wildman–Crippen MR) is 147 cm³/mol. The molecule has 1 atom stereocenters. The fourth-order valence-corrected chi connectivity index (χ4v) is 5.21. The predicted octanol–water partition coefficient (Wildman–Crippen LogP) is 5.44. The third-order valence-electron chi connectivity index (χ3n) is 6.20. The van der Waals surface area contributed by atoms with Gasteiger partial charge in [-0.25, -0.2) is 9.78 Å². The number of aryl methyl sites for hydroxylation is 1. The second-order valence-electron chi connectivity index (χ2n) is 8.80. The highest BCUT2D eigenvalue weighted by Gasteiger charge is 2.48. The molecule has 1 saturated heterocycles. The molecule has 0 spiro atoms. The van der Waals surface area contributed by atoms with E-state index in [1.807, 2.05) is 0 Å². The molecule has 4 rings (SSSR count). The number of ether oxygens (including phenoxy) is 3. The monoisotopic (exact) mass is 550 g/mol. The number of benzene rings is 2. The number of ketones is 1. The van der Waals surface area contributed by atoms with Crippen molar-refractivity contribution in [3.8, 4) is 11.5 Å². The fourth-order valence-electron chi connectivity index (χ4n) is 4.23. The molecule has 3 aromatic rings. The van der Waals surface area contributed by atoms with Gasteiger partial charge in [0.25, 0.3) is 5.78 Å². The van der Waals surface area contributed by atoms with E-state index in [4.69, 9.17) is 14.2 Å². The number of thiazole rings is 1. The van der Waals surface area contributed by atoms with Gasteiger partial charge >= 0.3 is 11.9 Å². The minimum Gasteiger partial charge on any atom is -0.507 e. The fraction of sp³-hybridized carbons (Fsp3) is 0.310. The zero-order valence-electron chi connectivity index (χ0n) is 22.2. The van der Waals surface area contributed by atoms with Crippen LogP contribution in [-0.4, -0.2) is 48.1 Å². The highest BCUT2D eigenvalue weighted by atomic mass is 32.1. The summed E-state index contributed by atoms with van der Waals surface area (Å²) < 4.78 is 16.2. The molecule has 9 nitrogen and oxygen atoms in total. The average Bonchev–Trinajstić information content (AvgIpc) is 3.45. The summed E-state index contributed by atoms with van der Waals surface area (Å²) in [6.45, 7) is 6.16. The summed E-state index contributed by atoms with van der Waals surface area (Å²) in [6.07, 6.45) is 1.92. The van der Waals surface area contributed by atoms with E-state index in [0.717, 1.165) is 24.2 Å². The van der Waals surface area contributed by atoms with Crippen LogP contribution in [0.1, 0.15) is 59.2 Å². The van der Waals surface area contributed by atoms with E-state index in [9.17, 15) is 19.5 Å². The maximum atomic E-state index is 13.4. The lowest BCUT2D eigenvalue weighted by molar-refractivity contribution is -0.132. The normalized spacial score (nSPS) is 16.4. The number of aromatic nitrogens is 1. The Bertz CT molecular complexity index is 1410. The lowest BCUT2D eigenvalue weighted by atomic mass is 9.95. The molecule has 0 radical (unpaired) electrons. The van der Waals surface area contributed by atoms with Crippen molar-refractivity contribution in [1.82, 2.24) is 4.98 Å². The van der Waals surface area contributed by atoms with E-state index in [1.54, 1.807) is 62.4 Å². The molecule has 2 aromatic carbocycles. The topological polar surface area (TPSA) is 115 Å². The molecule has 204 valence electrons. The van der Waals surface area contributed by atoms with Gasteiger partial charge in [-0.15, -0.1) is 0 Å². The Kier molecular flexibility index (Phi) is 8.65. The van der Waals surface area contributed by atoms with Crippen LogP contribution in [0.25, 0.3) is 5.76 Å². The number of hydrogen-bond donors (Lipinski definition) is 1. The number of carbonyl (C=O) groups excluding carboxylic acids is 3. The first kappa shape index (κ1) is 27.8. The summed E-state index contributed by atoms with van der Waals surface area (Å²) in [6, 6.07) is 12.6. The minimum atomic E-state index is -1.01. The van der Waals surface area contributed by atoms with Gasteiger partial charge in [-0.05, 0) is 62.2 Å². The van der Waals surface area contributed by atoms with Crippen LogP contribution in [0, 0.1) is 6.92 Å². The highest BCUT2D eigenvalue weighted by molar-refractivity contribution is 7.17. The van der Waals surface area contributed by atoms with Gasteiger partial charge in [0.1, 0.15) is 22.1 Å². The summed E-state index contributed by atoms with van der Waals surface area (Å²) >= 11 is 0.955. The lowest BCUT2D eigenvalue weighted by Crippen LogP contribution is -2.29. The number of nitrogens with zero attached hydrogens (tertiary/aromatic N) is 2. The van der Waals surface area contributed by atoms with Crippen LogP contribution in [0.5, 0.6) is 11.5 Å². The van der Waals surface area contributed by atoms with Crippen molar-refractivity contribution in [3.63, 3.8) is 0 Å². The first-order valence-corrected chi connectivity index (χ1v) is 13.4. The first-order valence-electron chi connectivity index (χ1n) is 12.6. The van der Waals surface area contributed by atoms with Crippen molar-refractivity contribution in [2.75, 3.05) is 25.2 Å². The molecular weight excluding hydrogens is 520 g/mol. The smallest absolute Gasteiger partial charge is 0.350 e. The molecule has 0 bridgehead atoms. The molecule has 1 aliphatic heterocycles. The van der Waals surface area contributed by atoms with Gasteiger partial charge in [0.2, 0.25) is 0 Å². The minimum absolute atomic E-state index is 0.0987. The van der Waals surface area contributed by atoms with Crippen LogP contribution in [0.3, 0.4) is 0 Å². The molecule has 1 N–H and O–H groups in total. The van der Waals surface area contributed by atoms with Crippen LogP contribution in [0.4, 0.5) is 5.13 Å². The summed E-state index contributed by atoms with van der Waals surface area (Å²) in [5.41, 5.74) is 1.16. The van der Waals surface area contributed by atoms with E-state index in [0.29, 0.717) is 34.9 Å². The van der Waals surface area contributed by atoms with Crippen molar-refractivity contribution in [2.45, 2.75) is 39.7 Å². The summed E-state index contributed by atoms with van der Waals surface area (Å²) in [5, 5.41) is 11.5. The largest absolute Gasteiger partial charge is 0.507 e. The quantitative estimate of drug-likeness (QED) is 0.117. The van der Waals surface area contributed by atoms with Crippen molar-refractivity contribution in [3.05, 3.63) is 75.8 Å². The third kappa shape index (κ3) is 5.65. The number of methoxy groups -OCH3 is 1. The second-order valence-corrected chi connectivity index (χ2v) is 9.78. The molecule has 1 amide bonds. The molecule has 2 heterocycles. The van der Waals surface area contributed by atoms with Crippen molar-refractivity contribution in [1.29, 1.82) is 0 Å². The van der Waals surface area contributed by atoms with E-state index in [2.05, 4.69) is 11.9 Å². The van der Waals surface area contributed by atoms with Crippen LogP contribution in [-0.2, 0) is 14.3 Å². The van der Waals surface area contributed by atoms with Crippen molar-refractivity contribution < 1.29 is 33.7 Å². The molecular formula is C29H30N2O7S. The molecule has 0 saturated carbocycles. The second kappa shape index (κ2) is 12.1. The Hall–Kier alpha value is -4.18. The number of hydrogen-bond acceptors (Lipinski definition) is 9. The molecule has 1 aromatic heterocycles. The number of unbranched alkanes of at least 4 members (excludes halogenated alkanes) is 1. The first-order chi connectivity index (χ1) is 18.8. The lowest BCUT2D eigenvalue weighted by Gasteiger charge is -2.23. The Labute approximate surface area is 230 Å². The van der Waals surface area contributed by atoms with E-state index < -0.39 is 23.7 Å². The number of Topliss-reactive ketones (excluding diaryl/α,β-unsaturated/α-hetero) is 1. The number of anilines is 1. The molecule has 10 heteroatoms. The summed E-state index contributed by atoms with van der Waals surface area (Å²) in [7, 11) is 1.51. The van der Waals surface area contributed by atoms with Gasteiger partial charge in [0.15, 0.2) is 5.13 Å². The third-order valence-corrected chi connectivity index (χ3v) is 7.34. The molecule has 39 heavy (non-hydrogen) atoms. The van der Waals surface area contributed by atoms with Crippen molar-refractivity contribution in [2.24, 2.45) is 0 Å². The number of aliphatic hydroxyl groups excluding tert-OH is 1. The van der Waals surface area contributed by atoms with Gasteiger partial charge in [0, 0.05) is 5.56 Å². The summed E-state index contributed by atoms with van der Waals surface area (Å²) in [5.74, 6) is -1.48. The Morgan fingerprint density at radius 1 is 1.10 bits per heavy atom. The van der Waals surface area contributed by atoms with Gasteiger partial charge in [-0.2, -0.15) is 0 Å². The van der Waals surface area contributed by atoms with E-state index in [1.165, 1.54) is 12.0 Å². The molecule has 0 unspecified atom stereocenters. The standard InChI is InChI=1S/C29H30N2O7S/c1-5-7-15-38-20-13-11-18(12-14-20)24(32)22-23(19-9-8-10-21(16-19)36-4)31(27(34)25(22)33)29-30-17(3)26(39-29)28(35)37-6-2/h8-14,16,23,32H,5-7,15H2,1-4H3/t23-/m0/s1. The van der Waals surface area contributed by atoms with Gasteiger partial charge < -0.3 is 19.3 Å². The van der Waals surface area contributed by atoms with Gasteiger partial charge in [0.05, 0.1) is 37.6 Å². The number of amides is 1. The van der Waals surface area contributed by atoms with E-state index in [-0.39, 0.29) is 27.9 Å². The SMILES string of the molecule is CCCCOc1ccc(C(O)=C2C(=O)C(=O)N(c3nc(C)c(C(=O)OCC)s3)[C@H]2c2cccc(OC)c2)cc1. The zero-order chi connectivity index (χ0) is 28.1. The van der Waals surface area contributed by atoms with Gasteiger partial charge in [-0.1, -0.05) is 36.8 Å². The van der Waals surface area contributed by atoms with Crippen LogP contribution >= 0.6 is 11.3 Å². The molecule has 1 fully saturated rings. The summed E-state index contributed by atoms with van der Waals surface area (Å²) in [4.78, 5) is 45.2. The number of rotatable bonds is 10. The maximum absolute atomic E-state index is 13.4. The number of aliphatic hydroxyl groups is 1. The molecule has 0 aliphatic carbocycles. The number of esters is 1. The van der Waals surface area contributed by atoms with Gasteiger partial charge in [-0.3, -0.25) is 14.5 Å². The van der Waals surface area contributed by atoms with Crippen LogP contribution < -0.4 is 14.4 Å². The zero-order valence-corrected chi connectivity index (χ0v) is 23.0. The Morgan fingerprint density at radius 3 is 2.51 bits per heavy atom. The van der Waals surface area contributed by atoms with Crippen LogP contribution in [0.2, 0.25) is 0 Å². The number of carbonyl (C=O) groups is 3. The molecule has 1 aliphatic rings. The van der Waals surface area contributed by atoms with E-state index >= 15 is 0 Å². The maximum Gasteiger partial charge on any atom is 0.350 e. The highest BCUT2D eigenvalue weighted by Crippen LogP contribution is 2.44. The Balaban J connectivity index is 1.82. The Morgan fingerprint density at radius 2 is 1.85 bits per heavy atom. The van der Waals surface area contributed by atoms with Crippen LogP contribution in [0.15, 0.2) is 54.1 Å². The van der Waals surface area contributed by atoms with Crippen molar-refractivity contribution >= 4 is 39.9 Å². The average molecular weight is 551 g/mol.